The zero-order valence-corrected chi connectivity index (χ0v) is 9.80. The molecule has 0 saturated heterocycles. The van der Waals surface area contributed by atoms with Gasteiger partial charge in [-0.15, -0.1) is 11.3 Å². The Morgan fingerprint density at radius 1 is 1.47 bits per heavy atom. The van der Waals surface area contributed by atoms with E-state index < -0.39 is 0 Å². The summed E-state index contributed by atoms with van der Waals surface area (Å²) in [5.41, 5.74) is 7.20. The van der Waals surface area contributed by atoms with E-state index in [9.17, 15) is 0 Å². The molecule has 2 heterocycles. The van der Waals surface area contributed by atoms with E-state index in [-0.39, 0.29) is 6.04 Å². The maximum Gasteiger partial charge on any atom is 0.101 e. The van der Waals surface area contributed by atoms with Gasteiger partial charge in [0.1, 0.15) is 5.76 Å². The van der Waals surface area contributed by atoms with Crippen molar-refractivity contribution in [3.8, 4) is 0 Å². The predicted octanol–water partition coefficient (Wildman–Crippen LogP) is 3.26. The molecule has 0 radical (unpaired) electrons. The molecule has 0 spiro atoms. The van der Waals surface area contributed by atoms with Gasteiger partial charge in [0.25, 0.3) is 0 Å². The number of nitrogens with two attached hydrogens (primary N) is 1. The fourth-order valence-electron chi connectivity index (χ4n) is 1.54. The van der Waals surface area contributed by atoms with Gasteiger partial charge in [-0.3, -0.25) is 0 Å². The summed E-state index contributed by atoms with van der Waals surface area (Å²) in [6.45, 7) is 4.09. The van der Waals surface area contributed by atoms with Gasteiger partial charge in [0.2, 0.25) is 0 Å². The van der Waals surface area contributed by atoms with Gasteiger partial charge in [0.05, 0.1) is 12.3 Å². The Morgan fingerprint density at radius 3 is 2.80 bits per heavy atom. The van der Waals surface area contributed by atoms with Crippen LogP contribution in [0.25, 0.3) is 0 Å². The summed E-state index contributed by atoms with van der Waals surface area (Å²) >= 11 is 1.78. The fourth-order valence-corrected chi connectivity index (χ4v) is 2.53. The van der Waals surface area contributed by atoms with Crippen LogP contribution in [0.3, 0.4) is 0 Å². The lowest BCUT2D eigenvalue weighted by Gasteiger charge is -2.05. The first kappa shape index (κ1) is 10.5. The van der Waals surface area contributed by atoms with E-state index in [1.54, 1.807) is 17.6 Å². The summed E-state index contributed by atoms with van der Waals surface area (Å²) < 4.78 is 5.26. The molecule has 2 nitrogen and oxygen atoms in total. The molecular formula is C12H15NOS. The Bertz CT molecular complexity index is 444. The first-order valence-electron chi connectivity index (χ1n) is 5.10. The molecule has 2 aromatic rings. The van der Waals surface area contributed by atoms with Gasteiger partial charge >= 0.3 is 0 Å². The lowest BCUT2D eigenvalue weighted by atomic mass is 10.1. The van der Waals surface area contributed by atoms with Crippen molar-refractivity contribution in [3.63, 3.8) is 0 Å². The largest absolute Gasteiger partial charge is 0.469 e. The standard InChI is InChI=1S/C12H15NOS/c1-3-10-4-5-11(15-10)12(13)9-6-8(2)14-7-9/h4-7,12H,3,13H2,1-2H3. The van der Waals surface area contributed by atoms with E-state index in [1.165, 1.54) is 9.75 Å². The minimum atomic E-state index is -0.0484. The highest BCUT2D eigenvalue weighted by Crippen LogP contribution is 2.27. The molecule has 0 aliphatic rings. The van der Waals surface area contributed by atoms with Gasteiger partial charge in [0.15, 0.2) is 0 Å². The number of thiophene rings is 1. The molecule has 3 heteroatoms. The number of aryl methyl sites for hydroxylation is 2. The maximum atomic E-state index is 6.15. The zero-order valence-electron chi connectivity index (χ0n) is 8.99. The molecule has 0 saturated carbocycles. The van der Waals surface area contributed by atoms with Crippen molar-refractivity contribution in [2.45, 2.75) is 26.3 Å². The van der Waals surface area contributed by atoms with Crippen LogP contribution in [0, 0.1) is 6.92 Å². The first-order chi connectivity index (χ1) is 7.20. The average molecular weight is 221 g/mol. The van der Waals surface area contributed by atoms with Crippen LogP contribution in [0.4, 0.5) is 0 Å². The Kier molecular flexibility index (Phi) is 2.93. The highest BCUT2D eigenvalue weighted by molar-refractivity contribution is 7.12. The van der Waals surface area contributed by atoms with Gasteiger partial charge in [0, 0.05) is 15.3 Å². The Labute approximate surface area is 93.7 Å². The fraction of sp³-hybridized carbons (Fsp3) is 0.333. The molecule has 0 aliphatic heterocycles. The molecular weight excluding hydrogens is 206 g/mol. The Morgan fingerprint density at radius 2 is 2.27 bits per heavy atom. The lowest BCUT2D eigenvalue weighted by Crippen LogP contribution is -2.08. The van der Waals surface area contributed by atoms with Crippen molar-refractivity contribution in [1.29, 1.82) is 0 Å². The third-order valence-electron chi connectivity index (χ3n) is 2.45. The average Bonchev–Trinajstić information content (AvgIpc) is 2.84. The molecule has 0 bridgehead atoms. The lowest BCUT2D eigenvalue weighted by molar-refractivity contribution is 0.530. The minimum Gasteiger partial charge on any atom is -0.469 e. The SMILES string of the molecule is CCc1ccc(C(N)c2coc(C)c2)s1. The van der Waals surface area contributed by atoms with Gasteiger partial charge in [-0.2, -0.15) is 0 Å². The maximum absolute atomic E-state index is 6.15. The third-order valence-corrected chi connectivity index (χ3v) is 3.76. The van der Waals surface area contributed by atoms with Crippen molar-refractivity contribution < 1.29 is 4.42 Å². The highest BCUT2D eigenvalue weighted by Gasteiger charge is 2.13. The molecule has 1 unspecified atom stereocenters. The second-order valence-corrected chi connectivity index (χ2v) is 4.83. The van der Waals surface area contributed by atoms with Crippen LogP contribution in [0.1, 0.15) is 34.0 Å². The summed E-state index contributed by atoms with van der Waals surface area (Å²) in [4.78, 5) is 2.58. The summed E-state index contributed by atoms with van der Waals surface area (Å²) in [7, 11) is 0. The van der Waals surface area contributed by atoms with Crippen molar-refractivity contribution >= 4 is 11.3 Å². The van der Waals surface area contributed by atoms with Crippen LogP contribution < -0.4 is 5.73 Å². The molecule has 0 aromatic carbocycles. The molecule has 1 atom stereocenters. The van der Waals surface area contributed by atoms with Crippen molar-refractivity contribution in [1.82, 2.24) is 0 Å². The molecule has 2 rings (SSSR count). The topological polar surface area (TPSA) is 39.2 Å². The molecule has 2 N–H and O–H groups in total. The van der Waals surface area contributed by atoms with E-state index in [4.69, 9.17) is 10.2 Å². The number of hydrogen-bond acceptors (Lipinski definition) is 3. The van der Waals surface area contributed by atoms with Crippen LogP contribution in [0.2, 0.25) is 0 Å². The van der Waals surface area contributed by atoms with Crippen LogP contribution in [0.15, 0.2) is 28.9 Å². The molecule has 2 aromatic heterocycles. The molecule has 15 heavy (non-hydrogen) atoms. The van der Waals surface area contributed by atoms with Crippen molar-refractivity contribution in [2.24, 2.45) is 5.73 Å². The van der Waals surface area contributed by atoms with E-state index in [0.29, 0.717) is 0 Å². The molecule has 0 amide bonds. The van der Waals surface area contributed by atoms with Crippen LogP contribution >= 0.6 is 11.3 Å². The smallest absolute Gasteiger partial charge is 0.101 e. The highest BCUT2D eigenvalue weighted by atomic mass is 32.1. The van der Waals surface area contributed by atoms with Crippen LogP contribution in [-0.4, -0.2) is 0 Å². The summed E-state index contributed by atoms with van der Waals surface area (Å²) in [6.07, 6.45) is 2.81. The molecule has 0 fully saturated rings. The normalized spacial score (nSPS) is 13.0. The second-order valence-electron chi connectivity index (χ2n) is 3.63. The quantitative estimate of drug-likeness (QED) is 0.864. The molecule has 80 valence electrons. The van der Waals surface area contributed by atoms with Gasteiger partial charge in [-0.25, -0.2) is 0 Å². The van der Waals surface area contributed by atoms with Gasteiger partial charge < -0.3 is 10.2 Å². The van der Waals surface area contributed by atoms with Gasteiger partial charge in [-0.1, -0.05) is 6.92 Å². The predicted molar refractivity (Wildman–Crippen MR) is 63.2 cm³/mol. The van der Waals surface area contributed by atoms with E-state index >= 15 is 0 Å². The zero-order chi connectivity index (χ0) is 10.8. The second kappa shape index (κ2) is 4.21. The number of hydrogen-bond donors (Lipinski definition) is 1. The first-order valence-corrected chi connectivity index (χ1v) is 5.91. The van der Waals surface area contributed by atoms with Gasteiger partial charge in [-0.05, 0) is 31.5 Å². The number of rotatable bonds is 3. The number of furan rings is 1. The van der Waals surface area contributed by atoms with E-state index in [0.717, 1.165) is 17.7 Å². The summed E-state index contributed by atoms with van der Waals surface area (Å²) in [6, 6.07) is 6.20. The Hall–Kier alpha value is -1.06. The summed E-state index contributed by atoms with van der Waals surface area (Å²) in [5.74, 6) is 0.910. The third kappa shape index (κ3) is 2.13. The minimum absolute atomic E-state index is 0.0484. The van der Waals surface area contributed by atoms with Crippen molar-refractivity contribution in [2.75, 3.05) is 0 Å². The van der Waals surface area contributed by atoms with E-state index in [2.05, 4.69) is 19.1 Å². The monoisotopic (exact) mass is 221 g/mol. The van der Waals surface area contributed by atoms with Crippen LogP contribution in [0.5, 0.6) is 0 Å². The summed E-state index contributed by atoms with van der Waals surface area (Å²) in [5, 5.41) is 0. The van der Waals surface area contributed by atoms with Crippen LogP contribution in [-0.2, 0) is 6.42 Å². The molecule has 0 aliphatic carbocycles. The Balaban J connectivity index is 2.23. The van der Waals surface area contributed by atoms with E-state index in [1.807, 2.05) is 13.0 Å². The van der Waals surface area contributed by atoms with Crippen molar-refractivity contribution in [3.05, 3.63) is 45.5 Å².